The van der Waals surface area contributed by atoms with Gasteiger partial charge in [0.1, 0.15) is 16.4 Å². The smallest absolute Gasteiger partial charge is 0.297 e. The predicted octanol–water partition coefficient (Wildman–Crippen LogP) is 3.13. The average molecular weight is 446 g/mol. The van der Waals surface area contributed by atoms with E-state index >= 15 is 0 Å². The highest BCUT2D eigenvalue weighted by atomic mass is 32.2. The quantitative estimate of drug-likeness (QED) is 0.325. The Bertz CT molecular complexity index is 1110. The van der Waals surface area contributed by atoms with Crippen LogP contribution in [0.3, 0.4) is 0 Å². The first-order valence-corrected chi connectivity index (χ1v) is 10.6. The zero-order chi connectivity index (χ0) is 22.0. The van der Waals surface area contributed by atoms with Crippen molar-refractivity contribution in [1.29, 1.82) is 0 Å². The van der Waals surface area contributed by atoms with Crippen LogP contribution < -0.4 is 10.1 Å². The molecular formula is C21H20F2N4O3S. The van der Waals surface area contributed by atoms with E-state index in [-0.39, 0.29) is 22.2 Å². The highest BCUT2D eigenvalue weighted by molar-refractivity contribution is 8.00. The first kappa shape index (κ1) is 21.5. The molecule has 1 aliphatic rings. The molecule has 0 saturated carbocycles. The van der Waals surface area contributed by atoms with Gasteiger partial charge in [-0.1, -0.05) is 36.0 Å². The van der Waals surface area contributed by atoms with E-state index in [4.69, 9.17) is 4.74 Å². The van der Waals surface area contributed by atoms with Gasteiger partial charge in [-0.2, -0.15) is 0 Å². The number of methoxy groups -OCH3 is 1. The summed E-state index contributed by atoms with van der Waals surface area (Å²) in [6, 6.07) is 8.43. The van der Waals surface area contributed by atoms with Crippen molar-refractivity contribution in [2.75, 3.05) is 26.0 Å². The Morgan fingerprint density at radius 2 is 2.10 bits per heavy atom. The van der Waals surface area contributed by atoms with Gasteiger partial charge >= 0.3 is 0 Å². The standard InChI is InChI=1S/C21H20F2N4O3S/c1-30-14-8-15-18(25-9-14)26-19(17(22)23)27-20(15)31-10-16(28)12-2-4-13(5-3-12)21(29)6-7-24-11-21/h2-5,8-9,17,24,29H,6-7,10-11H2,1H3. The van der Waals surface area contributed by atoms with E-state index in [9.17, 15) is 18.7 Å². The van der Waals surface area contributed by atoms with Crippen LogP contribution in [-0.2, 0) is 5.60 Å². The minimum atomic E-state index is -2.85. The second-order valence-electron chi connectivity index (χ2n) is 7.18. The van der Waals surface area contributed by atoms with Crippen LogP contribution in [0, 0.1) is 0 Å². The second-order valence-corrected chi connectivity index (χ2v) is 8.15. The molecule has 1 aliphatic heterocycles. The molecule has 0 radical (unpaired) electrons. The third kappa shape index (κ3) is 4.51. The number of thioether (sulfide) groups is 1. The summed E-state index contributed by atoms with van der Waals surface area (Å²) in [5.74, 6) is -0.391. The van der Waals surface area contributed by atoms with Gasteiger partial charge in [-0.05, 0) is 24.6 Å². The fraction of sp³-hybridized carbons (Fsp3) is 0.333. The van der Waals surface area contributed by atoms with E-state index in [0.717, 1.165) is 23.9 Å². The van der Waals surface area contributed by atoms with Crippen molar-refractivity contribution >= 4 is 28.6 Å². The largest absolute Gasteiger partial charge is 0.495 e. The molecule has 1 fully saturated rings. The summed E-state index contributed by atoms with van der Waals surface area (Å²) < 4.78 is 31.5. The molecule has 4 rings (SSSR count). The minimum absolute atomic E-state index is 0.00281. The lowest BCUT2D eigenvalue weighted by Gasteiger charge is -2.21. The van der Waals surface area contributed by atoms with Crippen molar-refractivity contribution in [2.45, 2.75) is 23.5 Å². The van der Waals surface area contributed by atoms with Gasteiger partial charge in [0.2, 0.25) is 0 Å². The maximum atomic E-state index is 13.2. The van der Waals surface area contributed by atoms with Gasteiger partial charge in [0.05, 0.1) is 24.4 Å². The number of benzene rings is 1. The van der Waals surface area contributed by atoms with Crippen molar-refractivity contribution in [1.82, 2.24) is 20.3 Å². The number of fused-ring (bicyclic) bond motifs is 1. The van der Waals surface area contributed by atoms with Crippen molar-refractivity contribution in [3.05, 3.63) is 53.5 Å². The molecule has 1 unspecified atom stereocenters. The van der Waals surface area contributed by atoms with Gasteiger partial charge in [-0.3, -0.25) is 4.79 Å². The summed E-state index contributed by atoms with van der Waals surface area (Å²) in [6.45, 7) is 1.21. The van der Waals surface area contributed by atoms with Gasteiger partial charge in [0.25, 0.3) is 6.43 Å². The number of Topliss-reactive ketones (excluding diaryl/α,β-unsaturated/α-hetero) is 1. The number of ether oxygens (including phenoxy) is 1. The SMILES string of the molecule is COc1cnc2nc(C(F)F)nc(SCC(=O)c3ccc(C4(O)CCNC4)cc3)c2c1. The summed E-state index contributed by atoms with van der Waals surface area (Å²) >= 11 is 1.04. The van der Waals surface area contributed by atoms with Crippen LogP contribution in [0.2, 0.25) is 0 Å². The van der Waals surface area contributed by atoms with E-state index in [1.54, 1.807) is 30.3 Å². The highest BCUT2D eigenvalue weighted by Gasteiger charge is 2.32. The van der Waals surface area contributed by atoms with E-state index in [1.165, 1.54) is 13.3 Å². The van der Waals surface area contributed by atoms with E-state index < -0.39 is 17.9 Å². The number of aromatic nitrogens is 3. The molecule has 10 heteroatoms. The lowest BCUT2D eigenvalue weighted by Crippen LogP contribution is -2.28. The maximum Gasteiger partial charge on any atom is 0.297 e. The Morgan fingerprint density at radius 3 is 2.74 bits per heavy atom. The van der Waals surface area contributed by atoms with Gasteiger partial charge in [0, 0.05) is 12.1 Å². The molecule has 0 aliphatic carbocycles. The number of β-amino-alcohol motifs (C(OH)–C–C–N with tert-alkyl or cyclic N) is 1. The van der Waals surface area contributed by atoms with Crippen molar-refractivity contribution in [2.24, 2.45) is 0 Å². The molecule has 3 heterocycles. The van der Waals surface area contributed by atoms with Crippen molar-refractivity contribution in [3.8, 4) is 5.75 Å². The number of halogens is 2. The Morgan fingerprint density at radius 1 is 1.32 bits per heavy atom. The summed E-state index contributed by atoms with van der Waals surface area (Å²) in [5.41, 5.74) is 0.412. The molecule has 1 saturated heterocycles. The predicted molar refractivity (Wildman–Crippen MR) is 112 cm³/mol. The first-order valence-electron chi connectivity index (χ1n) is 9.59. The number of nitrogens with zero attached hydrogens (tertiary/aromatic N) is 3. The Balaban J connectivity index is 1.54. The van der Waals surface area contributed by atoms with Crippen LogP contribution in [0.15, 0.2) is 41.6 Å². The number of ketones is 1. The molecule has 31 heavy (non-hydrogen) atoms. The third-order valence-corrected chi connectivity index (χ3v) is 6.15. The summed E-state index contributed by atoms with van der Waals surface area (Å²) in [5, 5.41) is 14.4. The highest BCUT2D eigenvalue weighted by Crippen LogP contribution is 2.31. The molecule has 3 aromatic rings. The zero-order valence-electron chi connectivity index (χ0n) is 16.6. The van der Waals surface area contributed by atoms with Gasteiger partial charge in [-0.15, -0.1) is 0 Å². The number of rotatable bonds is 7. The molecule has 2 aromatic heterocycles. The lowest BCUT2D eigenvalue weighted by atomic mass is 9.92. The molecule has 0 spiro atoms. The molecule has 2 N–H and O–H groups in total. The Hall–Kier alpha value is -2.69. The van der Waals surface area contributed by atoms with Crippen LogP contribution in [0.25, 0.3) is 11.0 Å². The summed E-state index contributed by atoms with van der Waals surface area (Å²) in [6.07, 6.45) is -0.854. The first-order chi connectivity index (χ1) is 14.9. The second kappa shape index (κ2) is 8.81. The summed E-state index contributed by atoms with van der Waals surface area (Å²) in [7, 11) is 1.47. The number of nitrogens with one attached hydrogen (secondary N) is 1. The number of hydrogen-bond acceptors (Lipinski definition) is 8. The van der Waals surface area contributed by atoms with Gasteiger partial charge < -0.3 is 15.2 Å². The monoisotopic (exact) mass is 446 g/mol. The Labute approximate surface area is 181 Å². The van der Waals surface area contributed by atoms with E-state index in [1.807, 2.05) is 0 Å². The summed E-state index contributed by atoms with van der Waals surface area (Å²) in [4.78, 5) is 24.5. The van der Waals surface area contributed by atoms with Crippen LogP contribution in [0.4, 0.5) is 8.78 Å². The molecule has 1 atom stereocenters. The molecule has 0 bridgehead atoms. The molecule has 1 aromatic carbocycles. The number of alkyl halides is 2. The fourth-order valence-electron chi connectivity index (χ4n) is 3.41. The molecule has 0 amide bonds. The van der Waals surface area contributed by atoms with Crippen LogP contribution in [-0.4, -0.2) is 51.8 Å². The number of pyridine rings is 1. The van der Waals surface area contributed by atoms with Gasteiger partial charge in [-0.25, -0.2) is 23.7 Å². The zero-order valence-corrected chi connectivity index (χ0v) is 17.5. The third-order valence-electron chi connectivity index (χ3n) is 5.16. The Kier molecular flexibility index (Phi) is 6.12. The number of carbonyl (C=O) groups excluding carboxylic acids is 1. The van der Waals surface area contributed by atoms with Crippen LogP contribution in [0.5, 0.6) is 5.75 Å². The van der Waals surface area contributed by atoms with Crippen molar-refractivity contribution in [3.63, 3.8) is 0 Å². The fourth-order valence-corrected chi connectivity index (χ4v) is 4.31. The lowest BCUT2D eigenvalue weighted by molar-refractivity contribution is 0.0587. The topological polar surface area (TPSA) is 97.2 Å². The molecule has 7 nitrogen and oxygen atoms in total. The van der Waals surface area contributed by atoms with E-state index in [2.05, 4.69) is 20.3 Å². The average Bonchev–Trinajstić information content (AvgIpc) is 3.24. The number of carbonyl (C=O) groups is 1. The van der Waals surface area contributed by atoms with Crippen molar-refractivity contribution < 1.29 is 23.4 Å². The molecule has 162 valence electrons. The van der Waals surface area contributed by atoms with Crippen LogP contribution in [0.1, 0.15) is 34.6 Å². The van der Waals surface area contributed by atoms with E-state index in [0.29, 0.717) is 29.7 Å². The minimum Gasteiger partial charge on any atom is -0.495 e. The normalized spacial score (nSPS) is 18.6. The van der Waals surface area contributed by atoms with Crippen LogP contribution >= 0.6 is 11.8 Å². The molecular weight excluding hydrogens is 426 g/mol. The maximum absolute atomic E-state index is 13.2. The number of hydrogen-bond donors (Lipinski definition) is 2. The number of aliphatic hydroxyl groups is 1. The van der Waals surface area contributed by atoms with Gasteiger partial charge in [0.15, 0.2) is 17.3 Å².